The van der Waals surface area contributed by atoms with Crippen LogP contribution in [0.2, 0.25) is 0 Å². The number of likely N-dealkylation sites (tertiary alicyclic amines) is 1. The summed E-state index contributed by atoms with van der Waals surface area (Å²) < 4.78 is 1.73. The van der Waals surface area contributed by atoms with Gasteiger partial charge in [0.25, 0.3) is 0 Å². The van der Waals surface area contributed by atoms with Gasteiger partial charge in [-0.25, -0.2) is 0 Å². The smallest absolute Gasteiger partial charge is 0.228 e. The lowest BCUT2D eigenvalue weighted by Gasteiger charge is -2.37. The van der Waals surface area contributed by atoms with Crippen molar-refractivity contribution in [2.45, 2.75) is 57.1 Å². The van der Waals surface area contributed by atoms with Crippen molar-refractivity contribution in [3.63, 3.8) is 0 Å². The Hall–Kier alpha value is -1.36. The first-order chi connectivity index (χ1) is 10.1. The molecule has 1 N–H and O–H groups in total. The number of rotatable bonds is 3. The summed E-state index contributed by atoms with van der Waals surface area (Å²) in [6.45, 7) is 0.833. The molecule has 5 heteroatoms. The number of aryl methyl sites for hydroxylation is 1. The van der Waals surface area contributed by atoms with Gasteiger partial charge in [-0.2, -0.15) is 5.10 Å². The van der Waals surface area contributed by atoms with E-state index in [-0.39, 0.29) is 24.0 Å². The fourth-order valence-corrected chi connectivity index (χ4v) is 3.95. The summed E-state index contributed by atoms with van der Waals surface area (Å²) in [5.41, 5.74) is 0.831. The Morgan fingerprint density at radius 3 is 2.86 bits per heavy atom. The molecule has 0 bridgehead atoms. The Bertz CT molecular complexity index is 499. The first-order valence-corrected chi connectivity index (χ1v) is 8.11. The molecular formula is C16H25N3O2. The molecule has 1 aromatic rings. The zero-order valence-corrected chi connectivity index (χ0v) is 12.7. The van der Waals surface area contributed by atoms with Crippen LogP contribution in [-0.4, -0.2) is 44.4 Å². The Balaban J connectivity index is 1.66. The highest BCUT2D eigenvalue weighted by Crippen LogP contribution is 2.34. The molecule has 0 spiro atoms. The average molecular weight is 291 g/mol. The van der Waals surface area contributed by atoms with Crippen LogP contribution in [-0.2, 0) is 18.3 Å². The van der Waals surface area contributed by atoms with E-state index >= 15 is 0 Å². The second-order valence-corrected chi connectivity index (χ2v) is 6.47. The Morgan fingerprint density at radius 2 is 2.14 bits per heavy atom. The van der Waals surface area contributed by atoms with E-state index in [0.29, 0.717) is 6.42 Å². The van der Waals surface area contributed by atoms with Gasteiger partial charge in [-0.1, -0.05) is 12.8 Å². The number of aliphatic hydroxyl groups is 1. The standard InChI is InChI=1S/C16H25N3O2/c1-18-10-8-12(17-18)11-16(21)19-9-4-6-14(19)13-5-2-3-7-15(13)20/h8,10,13-15,20H,2-7,9,11H2,1H3/t13-,14-,15+/m1/s1. The van der Waals surface area contributed by atoms with Crippen molar-refractivity contribution in [1.82, 2.24) is 14.7 Å². The van der Waals surface area contributed by atoms with Gasteiger partial charge in [-0.15, -0.1) is 0 Å². The highest BCUT2D eigenvalue weighted by molar-refractivity contribution is 5.79. The number of amides is 1. The lowest BCUT2D eigenvalue weighted by atomic mass is 9.80. The van der Waals surface area contributed by atoms with E-state index in [2.05, 4.69) is 5.10 Å². The predicted molar refractivity (Wildman–Crippen MR) is 79.6 cm³/mol. The minimum Gasteiger partial charge on any atom is -0.393 e. The summed E-state index contributed by atoms with van der Waals surface area (Å²) >= 11 is 0. The summed E-state index contributed by atoms with van der Waals surface area (Å²) in [6.07, 6.45) is 8.36. The van der Waals surface area contributed by atoms with Crippen LogP contribution in [0.15, 0.2) is 12.3 Å². The molecule has 2 aliphatic rings. The van der Waals surface area contributed by atoms with E-state index < -0.39 is 0 Å². The lowest BCUT2D eigenvalue weighted by molar-refractivity contribution is -0.133. The number of hydrogen-bond acceptors (Lipinski definition) is 3. The van der Waals surface area contributed by atoms with Gasteiger partial charge in [0.2, 0.25) is 5.91 Å². The van der Waals surface area contributed by atoms with Gasteiger partial charge in [0.15, 0.2) is 0 Å². The van der Waals surface area contributed by atoms with Gasteiger partial charge in [-0.05, 0) is 31.7 Å². The van der Waals surface area contributed by atoms with Gasteiger partial charge in [-0.3, -0.25) is 9.48 Å². The molecule has 0 unspecified atom stereocenters. The predicted octanol–water partition coefficient (Wildman–Crippen LogP) is 1.50. The Labute approximate surface area is 125 Å². The average Bonchev–Trinajstić information content (AvgIpc) is 3.08. The molecule has 1 saturated heterocycles. The third-order valence-electron chi connectivity index (χ3n) is 5.00. The monoisotopic (exact) mass is 291 g/mol. The maximum absolute atomic E-state index is 12.6. The van der Waals surface area contributed by atoms with Crippen LogP contribution in [0.5, 0.6) is 0 Å². The van der Waals surface area contributed by atoms with E-state index in [1.807, 2.05) is 24.2 Å². The number of aromatic nitrogens is 2. The molecule has 1 aliphatic carbocycles. The number of aliphatic hydroxyl groups excluding tert-OH is 1. The van der Waals surface area contributed by atoms with Crippen LogP contribution in [0.4, 0.5) is 0 Å². The van der Waals surface area contributed by atoms with Crippen molar-refractivity contribution in [2.24, 2.45) is 13.0 Å². The second-order valence-electron chi connectivity index (χ2n) is 6.47. The van der Waals surface area contributed by atoms with Crippen molar-refractivity contribution >= 4 is 5.91 Å². The highest BCUT2D eigenvalue weighted by Gasteiger charge is 2.38. The summed E-state index contributed by atoms with van der Waals surface area (Å²) in [7, 11) is 1.87. The van der Waals surface area contributed by atoms with Crippen LogP contribution in [0.3, 0.4) is 0 Å². The summed E-state index contributed by atoms with van der Waals surface area (Å²) in [5.74, 6) is 0.433. The Morgan fingerprint density at radius 1 is 1.33 bits per heavy atom. The molecule has 1 amide bonds. The van der Waals surface area contributed by atoms with Crippen LogP contribution in [0, 0.1) is 5.92 Å². The normalized spacial score (nSPS) is 29.8. The van der Waals surface area contributed by atoms with E-state index in [1.165, 1.54) is 6.42 Å². The largest absolute Gasteiger partial charge is 0.393 e. The number of carbonyl (C=O) groups excluding carboxylic acids is 1. The van der Waals surface area contributed by atoms with E-state index in [4.69, 9.17) is 0 Å². The summed E-state index contributed by atoms with van der Waals surface area (Å²) in [4.78, 5) is 14.6. The first kappa shape index (κ1) is 14.6. The minimum absolute atomic E-state index is 0.161. The lowest BCUT2D eigenvalue weighted by Crippen LogP contribution is -2.45. The molecule has 2 heterocycles. The highest BCUT2D eigenvalue weighted by atomic mass is 16.3. The summed E-state index contributed by atoms with van der Waals surface area (Å²) in [5, 5.41) is 14.6. The topological polar surface area (TPSA) is 58.4 Å². The van der Waals surface area contributed by atoms with Crippen LogP contribution in [0.1, 0.15) is 44.2 Å². The molecule has 0 aromatic carbocycles. The Kier molecular flexibility index (Phi) is 4.29. The molecule has 0 radical (unpaired) electrons. The zero-order chi connectivity index (χ0) is 14.8. The fourth-order valence-electron chi connectivity index (χ4n) is 3.95. The van der Waals surface area contributed by atoms with Gasteiger partial charge >= 0.3 is 0 Å². The SMILES string of the molecule is Cn1ccc(CC(=O)N2CCC[C@@H]2[C@H]2CCCC[C@@H]2O)n1. The molecule has 1 aromatic heterocycles. The zero-order valence-electron chi connectivity index (χ0n) is 12.7. The van der Waals surface area contributed by atoms with Crippen molar-refractivity contribution in [3.8, 4) is 0 Å². The van der Waals surface area contributed by atoms with E-state index in [9.17, 15) is 9.90 Å². The molecule has 116 valence electrons. The van der Waals surface area contributed by atoms with Gasteiger partial charge in [0.1, 0.15) is 0 Å². The summed E-state index contributed by atoms with van der Waals surface area (Å²) in [6, 6.07) is 2.13. The molecule has 3 rings (SSSR count). The number of nitrogens with zero attached hydrogens (tertiary/aromatic N) is 3. The van der Waals surface area contributed by atoms with Crippen LogP contribution in [0.25, 0.3) is 0 Å². The quantitative estimate of drug-likeness (QED) is 0.918. The van der Waals surface area contributed by atoms with Crippen molar-refractivity contribution in [3.05, 3.63) is 18.0 Å². The molecule has 21 heavy (non-hydrogen) atoms. The number of carbonyl (C=O) groups is 1. The molecule has 1 aliphatic heterocycles. The van der Waals surface area contributed by atoms with Gasteiger partial charge in [0, 0.05) is 31.7 Å². The molecule has 2 fully saturated rings. The number of hydrogen-bond donors (Lipinski definition) is 1. The van der Waals surface area contributed by atoms with Crippen molar-refractivity contribution in [2.75, 3.05) is 6.54 Å². The third kappa shape index (κ3) is 3.12. The van der Waals surface area contributed by atoms with Gasteiger partial charge in [0.05, 0.1) is 18.2 Å². The van der Waals surface area contributed by atoms with E-state index in [1.54, 1.807) is 4.68 Å². The van der Waals surface area contributed by atoms with Gasteiger partial charge < -0.3 is 10.0 Å². The molecule has 3 atom stereocenters. The maximum atomic E-state index is 12.6. The molecular weight excluding hydrogens is 266 g/mol. The maximum Gasteiger partial charge on any atom is 0.228 e. The molecule has 1 saturated carbocycles. The first-order valence-electron chi connectivity index (χ1n) is 8.11. The van der Waals surface area contributed by atoms with Crippen molar-refractivity contribution in [1.29, 1.82) is 0 Å². The van der Waals surface area contributed by atoms with E-state index in [0.717, 1.165) is 44.3 Å². The van der Waals surface area contributed by atoms with Crippen LogP contribution >= 0.6 is 0 Å². The third-order valence-corrected chi connectivity index (χ3v) is 5.00. The molecule has 5 nitrogen and oxygen atoms in total. The second kappa shape index (κ2) is 6.18. The minimum atomic E-state index is -0.230. The van der Waals surface area contributed by atoms with Crippen molar-refractivity contribution < 1.29 is 9.90 Å². The van der Waals surface area contributed by atoms with Crippen LogP contribution < -0.4 is 0 Å². The fraction of sp³-hybridized carbons (Fsp3) is 0.750.